The number of methoxy groups -OCH3 is 1. The summed E-state index contributed by atoms with van der Waals surface area (Å²) in [6.07, 6.45) is 2.80. The van der Waals surface area contributed by atoms with Crippen LogP contribution in [0.25, 0.3) is 11.2 Å². The van der Waals surface area contributed by atoms with Crippen LogP contribution in [0.1, 0.15) is 52.9 Å². The molecule has 2 unspecified atom stereocenters. The fourth-order valence-corrected chi connectivity index (χ4v) is 6.38. The second kappa shape index (κ2) is 14.4. The lowest BCUT2D eigenvalue weighted by atomic mass is 9.98. The van der Waals surface area contributed by atoms with Crippen LogP contribution >= 0.6 is 7.75 Å². The predicted octanol–water partition coefficient (Wildman–Crippen LogP) is 3.20. The molecular weight excluding hydrogens is 614 g/mol. The molecule has 0 saturated heterocycles. The highest BCUT2D eigenvalue weighted by Gasteiger charge is 2.52. The molecule has 0 aliphatic heterocycles. The third-order valence-electron chi connectivity index (χ3n) is 7.36. The minimum Gasteiger partial charge on any atom is -0.476 e. The Kier molecular flexibility index (Phi) is 11.0. The number of nitrogens with zero attached hydrogens (tertiary/aromatic N) is 4. The lowest BCUT2D eigenvalue weighted by Crippen LogP contribution is -2.57. The molecule has 5 N–H and O–H groups in total. The van der Waals surface area contributed by atoms with Crippen molar-refractivity contribution in [3.8, 4) is 11.6 Å². The van der Waals surface area contributed by atoms with Crippen molar-refractivity contribution >= 4 is 30.8 Å². The molecule has 1 saturated carbocycles. The number of para-hydroxylation sites is 1. The van der Waals surface area contributed by atoms with Gasteiger partial charge in [-0.2, -0.15) is 15.1 Å². The average molecular weight is 655 g/mol. The van der Waals surface area contributed by atoms with Crippen LogP contribution in [0.2, 0.25) is 0 Å². The van der Waals surface area contributed by atoms with E-state index in [9.17, 15) is 19.6 Å². The summed E-state index contributed by atoms with van der Waals surface area (Å²) < 4.78 is 58.3. The Bertz CT molecular complexity index is 1490. The van der Waals surface area contributed by atoms with E-state index in [4.69, 9.17) is 29.0 Å². The van der Waals surface area contributed by atoms with Gasteiger partial charge in [-0.25, -0.2) is 13.9 Å². The van der Waals surface area contributed by atoms with Gasteiger partial charge in [0.1, 0.15) is 24.5 Å². The first-order valence-corrected chi connectivity index (χ1v) is 16.1. The molecule has 3 aromatic rings. The van der Waals surface area contributed by atoms with Gasteiger partial charge in [-0.1, -0.05) is 24.6 Å². The van der Waals surface area contributed by atoms with E-state index in [1.54, 1.807) is 25.1 Å². The second-order valence-electron chi connectivity index (χ2n) is 10.8. The van der Waals surface area contributed by atoms with E-state index in [0.717, 1.165) is 57.0 Å². The SMILES string of the molecule is CCOc1nc(N)nc2c1ncn2[C@](C)(O)[C@H](O)[C@@](F)(COP(=O)(NC(C)C(=O)OC1CCCCC1)Oc1ccccc1)OC. The number of carbonyl (C=O) groups excluding carboxylic acids is 1. The van der Waals surface area contributed by atoms with Crippen LogP contribution in [0.3, 0.4) is 0 Å². The first kappa shape index (κ1) is 34.5. The van der Waals surface area contributed by atoms with E-state index in [2.05, 4.69) is 20.0 Å². The van der Waals surface area contributed by atoms with Crippen molar-refractivity contribution < 1.29 is 47.2 Å². The van der Waals surface area contributed by atoms with Gasteiger partial charge in [-0.3, -0.25) is 13.9 Å². The number of aliphatic hydroxyl groups excluding tert-OH is 1. The van der Waals surface area contributed by atoms with Crippen LogP contribution in [0.4, 0.5) is 10.3 Å². The van der Waals surface area contributed by atoms with Gasteiger partial charge in [-0.05, 0) is 58.6 Å². The fraction of sp³-hybridized carbons (Fsp3) is 0.571. The summed E-state index contributed by atoms with van der Waals surface area (Å²) in [5.41, 5.74) is 3.32. The number of alkyl halides is 1. The smallest absolute Gasteiger partial charge is 0.459 e. The Balaban J connectivity index is 1.57. The zero-order valence-electron chi connectivity index (χ0n) is 25.6. The maximum absolute atomic E-state index is 16.4. The van der Waals surface area contributed by atoms with Gasteiger partial charge in [0.15, 0.2) is 23.0 Å². The van der Waals surface area contributed by atoms with Crippen molar-refractivity contribution in [1.29, 1.82) is 0 Å². The molecule has 1 aliphatic carbocycles. The first-order valence-electron chi connectivity index (χ1n) is 14.6. The number of benzene rings is 1. The predicted molar refractivity (Wildman–Crippen MR) is 160 cm³/mol. The quantitative estimate of drug-likeness (QED) is 0.137. The van der Waals surface area contributed by atoms with Crippen molar-refractivity contribution in [2.45, 2.75) is 82.7 Å². The maximum atomic E-state index is 16.4. The Hall–Kier alpha value is -3.40. The number of ether oxygens (including phenoxy) is 3. The largest absolute Gasteiger partial charge is 0.476 e. The Morgan fingerprint density at radius 2 is 1.93 bits per heavy atom. The van der Waals surface area contributed by atoms with Crippen LogP contribution < -0.4 is 20.1 Å². The zero-order valence-corrected chi connectivity index (χ0v) is 26.5. The summed E-state index contributed by atoms with van der Waals surface area (Å²) in [4.78, 5) is 25.0. The molecule has 1 fully saturated rings. The maximum Gasteiger partial charge on any atom is 0.459 e. The Morgan fingerprint density at radius 1 is 1.24 bits per heavy atom. The van der Waals surface area contributed by atoms with E-state index in [1.165, 1.54) is 19.1 Å². The van der Waals surface area contributed by atoms with E-state index < -0.39 is 44.0 Å². The molecule has 0 radical (unpaired) electrons. The van der Waals surface area contributed by atoms with E-state index in [0.29, 0.717) is 0 Å². The Labute approximate surface area is 259 Å². The van der Waals surface area contributed by atoms with Crippen LogP contribution in [0.15, 0.2) is 36.7 Å². The lowest BCUT2D eigenvalue weighted by molar-refractivity contribution is -0.271. The van der Waals surface area contributed by atoms with Crippen molar-refractivity contribution in [2.75, 3.05) is 26.1 Å². The minimum absolute atomic E-state index is 0.0202. The van der Waals surface area contributed by atoms with Crippen molar-refractivity contribution in [2.24, 2.45) is 0 Å². The lowest BCUT2D eigenvalue weighted by Gasteiger charge is -2.38. The molecule has 1 aliphatic rings. The minimum atomic E-state index is -4.56. The van der Waals surface area contributed by atoms with Crippen molar-refractivity contribution in [3.05, 3.63) is 36.7 Å². The molecule has 45 heavy (non-hydrogen) atoms. The van der Waals surface area contributed by atoms with Crippen LogP contribution in [0, 0.1) is 0 Å². The molecule has 0 spiro atoms. The molecule has 5 atom stereocenters. The number of hydrogen-bond donors (Lipinski definition) is 4. The number of esters is 1. The molecule has 2 heterocycles. The number of rotatable bonds is 15. The average Bonchev–Trinajstić information content (AvgIpc) is 3.45. The number of carbonyl (C=O) groups is 1. The van der Waals surface area contributed by atoms with Crippen LogP contribution in [-0.4, -0.2) is 80.1 Å². The molecule has 17 heteroatoms. The number of hydrogen-bond acceptors (Lipinski definition) is 13. The second-order valence-corrected chi connectivity index (χ2v) is 12.5. The van der Waals surface area contributed by atoms with Gasteiger partial charge in [0.25, 0.3) is 5.85 Å². The molecule has 248 valence electrons. The number of aliphatic hydroxyl groups is 2. The normalized spacial score (nSPS) is 19.5. The third-order valence-corrected chi connectivity index (χ3v) is 8.98. The number of aromatic nitrogens is 4. The molecular formula is C28H40FN6O9P. The van der Waals surface area contributed by atoms with Gasteiger partial charge in [-0.15, -0.1) is 0 Å². The first-order chi connectivity index (χ1) is 21.3. The number of fused-ring (bicyclic) bond motifs is 1. The van der Waals surface area contributed by atoms with Gasteiger partial charge in [0.05, 0.1) is 12.9 Å². The number of nitrogens with two attached hydrogens (primary N) is 1. The summed E-state index contributed by atoms with van der Waals surface area (Å²) in [7, 11) is -3.64. The summed E-state index contributed by atoms with van der Waals surface area (Å²) >= 11 is 0. The molecule has 1 aromatic carbocycles. The number of halogens is 1. The monoisotopic (exact) mass is 654 g/mol. The van der Waals surface area contributed by atoms with Crippen molar-refractivity contribution in [1.82, 2.24) is 24.6 Å². The van der Waals surface area contributed by atoms with Gasteiger partial charge in [0.2, 0.25) is 11.8 Å². The van der Waals surface area contributed by atoms with Gasteiger partial charge in [0, 0.05) is 7.11 Å². The topological polar surface area (TPSA) is 202 Å². The fourth-order valence-electron chi connectivity index (χ4n) is 4.87. The van der Waals surface area contributed by atoms with Crippen LogP contribution in [-0.2, 0) is 29.1 Å². The Morgan fingerprint density at radius 3 is 2.58 bits per heavy atom. The van der Waals surface area contributed by atoms with Crippen molar-refractivity contribution in [3.63, 3.8) is 0 Å². The highest BCUT2D eigenvalue weighted by molar-refractivity contribution is 7.52. The summed E-state index contributed by atoms with van der Waals surface area (Å²) in [5, 5.41) is 25.1. The van der Waals surface area contributed by atoms with Gasteiger partial charge >= 0.3 is 13.7 Å². The zero-order chi connectivity index (χ0) is 32.8. The summed E-state index contributed by atoms with van der Waals surface area (Å²) in [6.45, 7) is 3.19. The molecule has 2 aromatic heterocycles. The number of nitrogen functional groups attached to an aromatic ring is 1. The number of nitrogens with one attached hydrogen (secondary N) is 1. The molecule has 0 amide bonds. The van der Waals surface area contributed by atoms with E-state index in [-0.39, 0.29) is 41.5 Å². The summed E-state index contributed by atoms with van der Waals surface area (Å²) in [6, 6.07) is 6.69. The molecule has 0 bridgehead atoms. The van der Waals surface area contributed by atoms with E-state index >= 15 is 4.39 Å². The number of anilines is 1. The number of imidazole rings is 1. The third kappa shape index (κ3) is 8.07. The standard InChI is InChI=1S/C28H40FN6O9P/c1-5-41-23-21-22(32-26(30)33-23)35(17-31-21)27(3,38)25(37)28(29,40-4)16-42-45(39,44-20-14-10-7-11-15-20)34-18(2)24(36)43-19-12-8-6-9-13-19/h7,10-11,14-15,17-19,25,37-38H,5-6,8-9,12-13,16H2,1-4H3,(H,34,39)(H2,30,32,33)/t18?,25-,27+,28+,45?/m0/s1. The highest BCUT2D eigenvalue weighted by atomic mass is 31.2. The highest BCUT2D eigenvalue weighted by Crippen LogP contribution is 2.47. The molecule has 15 nitrogen and oxygen atoms in total. The van der Waals surface area contributed by atoms with Crippen LogP contribution in [0.5, 0.6) is 11.6 Å². The molecule has 4 rings (SSSR count). The van der Waals surface area contributed by atoms with Gasteiger partial charge < -0.3 is 34.7 Å². The van der Waals surface area contributed by atoms with E-state index in [1.807, 2.05) is 0 Å². The summed E-state index contributed by atoms with van der Waals surface area (Å²) in [5.74, 6) is -4.01.